The molecule has 0 bridgehead atoms. The third-order valence-corrected chi connectivity index (χ3v) is 7.24. The lowest BCUT2D eigenvalue weighted by Crippen LogP contribution is -2.23. The van der Waals surface area contributed by atoms with Gasteiger partial charge >= 0.3 is 0 Å². The predicted octanol–water partition coefficient (Wildman–Crippen LogP) is 4.48. The molecule has 3 rings (SSSR count). The number of rotatable bonds is 6. The zero-order chi connectivity index (χ0) is 18.0. The molecule has 0 unspecified atom stereocenters. The normalized spacial score (nSPS) is 11.6. The Balaban J connectivity index is 1.74. The fourth-order valence-electron chi connectivity index (χ4n) is 2.23. The van der Waals surface area contributed by atoms with Gasteiger partial charge in [-0.1, -0.05) is 23.7 Å². The first kappa shape index (κ1) is 18.3. The highest BCUT2D eigenvalue weighted by atomic mass is 35.5. The van der Waals surface area contributed by atoms with Crippen LogP contribution in [-0.2, 0) is 16.6 Å². The van der Waals surface area contributed by atoms with Crippen molar-refractivity contribution >= 4 is 50.1 Å². The van der Waals surface area contributed by atoms with E-state index in [9.17, 15) is 13.2 Å². The second-order valence-corrected chi connectivity index (χ2v) is 9.59. The Morgan fingerprint density at radius 2 is 1.96 bits per heavy atom. The van der Waals surface area contributed by atoms with E-state index in [0.29, 0.717) is 20.3 Å². The van der Waals surface area contributed by atoms with E-state index in [2.05, 4.69) is 4.72 Å². The molecule has 0 saturated heterocycles. The highest BCUT2D eigenvalue weighted by molar-refractivity contribution is 7.89. The fourth-order valence-corrected chi connectivity index (χ4v) is 5.48. The number of sulfonamides is 1. The molecule has 1 N–H and O–H groups in total. The largest absolute Gasteiger partial charge is 0.287 e. The van der Waals surface area contributed by atoms with Crippen LogP contribution in [0.25, 0.3) is 0 Å². The minimum absolute atomic E-state index is 0.0419. The third kappa shape index (κ3) is 4.19. The van der Waals surface area contributed by atoms with Gasteiger partial charge in [0.2, 0.25) is 15.8 Å². The predicted molar refractivity (Wildman–Crippen MR) is 102 cm³/mol. The summed E-state index contributed by atoms with van der Waals surface area (Å²) < 4.78 is 27.5. The van der Waals surface area contributed by atoms with Crippen molar-refractivity contribution in [3.05, 3.63) is 73.1 Å². The monoisotopic (exact) mass is 411 g/mol. The van der Waals surface area contributed by atoms with Crippen LogP contribution in [-0.4, -0.2) is 14.2 Å². The number of carbonyl (C=O) groups is 1. The van der Waals surface area contributed by atoms with Gasteiger partial charge in [0.05, 0.1) is 14.6 Å². The van der Waals surface area contributed by atoms with Crippen molar-refractivity contribution < 1.29 is 13.2 Å². The Hall–Kier alpha value is -1.51. The van der Waals surface area contributed by atoms with Gasteiger partial charge in [0.25, 0.3) is 0 Å². The molecule has 0 fully saturated rings. The van der Waals surface area contributed by atoms with E-state index >= 15 is 0 Å². The quantitative estimate of drug-likeness (QED) is 0.608. The molecule has 2 aromatic heterocycles. The number of halogens is 1. The summed E-state index contributed by atoms with van der Waals surface area (Å²) in [6, 6.07) is 11.8. The Morgan fingerprint density at radius 1 is 1.16 bits per heavy atom. The molecule has 2 heterocycles. The molecule has 0 radical (unpaired) electrons. The first-order valence-corrected chi connectivity index (χ1v) is 10.9. The first-order valence-electron chi connectivity index (χ1n) is 7.29. The van der Waals surface area contributed by atoms with Gasteiger partial charge in [-0.2, -0.15) is 0 Å². The number of nitrogens with one attached hydrogen (secondary N) is 1. The molecule has 0 aliphatic rings. The number of hydrogen-bond acceptors (Lipinski definition) is 5. The average molecular weight is 412 g/mol. The SMILES string of the molecule is Cc1ccc(Cl)cc1S(=O)(=O)NCc1ccc(C(=O)c2cccs2)s1. The molecule has 4 nitrogen and oxygen atoms in total. The molecule has 0 aliphatic carbocycles. The van der Waals surface area contributed by atoms with E-state index in [1.807, 2.05) is 11.4 Å². The van der Waals surface area contributed by atoms with Crippen molar-refractivity contribution in [1.82, 2.24) is 4.72 Å². The Labute approximate surface area is 159 Å². The molecule has 0 spiro atoms. The second-order valence-electron chi connectivity index (χ2n) is 5.31. The highest BCUT2D eigenvalue weighted by Crippen LogP contribution is 2.24. The molecule has 0 aliphatic heterocycles. The van der Waals surface area contributed by atoms with Crippen molar-refractivity contribution in [2.75, 3.05) is 0 Å². The molecule has 8 heteroatoms. The van der Waals surface area contributed by atoms with Crippen molar-refractivity contribution in [1.29, 1.82) is 0 Å². The Bertz CT molecular complexity index is 1010. The zero-order valence-electron chi connectivity index (χ0n) is 13.2. The molecule has 130 valence electrons. The molecule has 0 atom stereocenters. The van der Waals surface area contributed by atoms with Gasteiger partial charge in [-0.05, 0) is 48.2 Å². The molecule has 3 aromatic rings. The fraction of sp³-hybridized carbons (Fsp3) is 0.118. The van der Waals surface area contributed by atoms with Gasteiger partial charge in [-0.3, -0.25) is 4.79 Å². The number of benzene rings is 1. The minimum Gasteiger partial charge on any atom is -0.287 e. The smallest absolute Gasteiger partial charge is 0.241 e. The van der Waals surface area contributed by atoms with Crippen molar-refractivity contribution in [2.24, 2.45) is 0 Å². The third-order valence-electron chi connectivity index (χ3n) is 3.51. The van der Waals surface area contributed by atoms with Crippen molar-refractivity contribution in [3.63, 3.8) is 0 Å². The molecule has 1 aromatic carbocycles. The number of carbonyl (C=O) groups excluding carboxylic acids is 1. The van der Waals surface area contributed by atoms with Crippen LogP contribution >= 0.6 is 34.3 Å². The summed E-state index contributed by atoms with van der Waals surface area (Å²) in [5.41, 5.74) is 0.622. The maximum Gasteiger partial charge on any atom is 0.241 e. The highest BCUT2D eigenvalue weighted by Gasteiger charge is 2.18. The van der Waals surface area contributed by atoms with E-state index in [0.717, 1.165) is 4.88 Å². The van der Waals surface area contributed by atoms with Gasteiger partial charge in [-0.25, -0.2) is 13.1 Å². The van der Waals surface area contributed by atoms with Gasteiger partial charge in [-0.15, -0.1) is 22.7 Å². The maximum atomic E-state index is 12.5. The summed E-state index contributed by atoms with van der Waals surface area (Å²) in [6.45, 7) is 1.84. The summed E-state index contributed by atoms with van der Waals surface area (Å²) >= 11 is 8.57. The second kappa shape index (κ2) is 7.39. The van der Waals surface area contributed by atoms with Crippen LogP contribution < -0.4 is 4.72 Å². The summed E-state index contributed by atoms with van der Waals surface area (Å²) in [4.78, 5) is 14.5. The average Bonchev–Trinajstić information content (AvgIpc) is 3.26. The van der Waals surface area contributed by atoms with Crippen LogP contribution in [0.15, 0.2) is 52.7 Å². The molecule has 0 saturated carbocycles. The van der Waals surface area contributed by atoms with E-state index < -0.39 is 10.0 Å². The van der Waals surface area contributed by atoms with Crippen LogP contribution in [0, 0.1) is 6.92 Å². The molecule has 0 amide bonds. The van der Waals surface area contributed by atoms with Crippen LogP contribution in [0.1, 0.15) is 25.0 Å². The first-order chi connectivity index (χ1) is 11.9. The lowest BCUT2D eigenvalue weighted by molar-refractivity contribution is 0.104. The van der Waals surface area contributed by atoms with Gasteiger partial charge in [0.15, 0.2) is 0 Å². The number of hydrogen-bond donors (Lipinski definition) is 1. The zero-order valence-corrected chi connectivity index (χ0v) is 16.4. The lowest BCUT2D eigenvalue weighted by Gasteiger charge is -2.09. The van der Waals surface area contributed by atoms with Gasteiger partial charge in [0.1, 0.15) is 0 Å². The number of thiophene rings is 2. The number of ketones is 1. The van der Waals surface area contributed by atoms with Gasteiger partial charge < -0.3 is 0 Å². The summed E-state index contributed by atoms with van der Waals surface area (Å²) in [5.74, 6) is -0.0419. The maximum absolute atomic E-state index is 12.5. The van der Waals surface area contributed by atoms with Gasteiger partial charge in [0, 0.05) is 16.4 Å². The van der Waals surface area contributed by atoms with E-state index in [1.54, 1.807) is 37.3 Å². The van der Waals surface area contributed by atoms with E-state index in [4.69, 9.17) is 11.6 Å². The summed E-state index contributed by atoms with van der Waals surface area (Å²) in [5, 5.41) is 2.22. The van der Waals surface area contributed by atoms with Crippen molar-refractivity contribution in [2.45, 2.75) is 18.4 Å². The standard InChI is InChI=1S/C17H14ClNO3S3/c1-11-4-5-12(18)9-16(11)25(21,22)19-10-13-6-7-15(24-13)17(20)14-3-2-8-23-14/h2-9,19H,10H2,1H3. The van der Waals surface area contributed by atoms with Crippen LogP contribution in [0.2, 0.25) is 5.02 Å². The van der Waals surface area contributed by atoms with Crippen molar-refractivity contribution in [3.8, 4) is 0 Å². The Morgan fingerprint density at radius 3 is 2.68 bits per heavy atom. The van der Waals surface area contributed by atoms with E-state index in [-0.39, 0.29) is 17.2 Å². The van der Waals surface area contributed by atoms with Crippen LogP contribution in [0.3, 0.4) is 0 Å². The van der Waals surface area contributed by atoms with Crippen LogP contribution in [0.5, 0.6) is 0 Å². The topological polar surface area (TPSA) is 63.2 Å². The summed E-state index contributed by atoms with van der Waals surface area (Å²) in [7, 11) is -3.68. The number of aryl methyl sites for hydroxylation is 1. The Kier molecular flexibility index (Phi) is 5.41. The minimum atomic E-state index is -3.68. The summed E-state index contributed by atoms with van der Waals surface area (Å²) in [6.07, 6.45) is 0. The molecule has 25 heavy (non-hydrogen) atoms. The molecular formula is C17H14ClNO3S3. The lowest BCUT2D eigenvalue weighted by atomic mass is 10.2. The molecular weight excluding hydrogens is 398 g/mol. The van der Waals surface area contributed by atoms with E-state index in [1.165, 1.54) is 28.7 Å². The van der Waals surface area contributed by atoms with Crippen LogP contribution in [0.4, 0.5) is 0 Å².